The molecular weight excluding hydrogens is 383 g/mol. The fraction of sp³-hybridized carbons (Fsp3) is 0.235. The Morgan fingerprint density at radius 3 is 2.48 bits per heavy atom. The standard InChI is InChI=1S/C17H16Cl2N2O3S/c1-17(11-20,12-24-15-9-5-8-14(18)16(15)19)21-25(22,23)10-13-6-3-2-4-7-13/h2-9,21H,10,12H2,1H3. The molecule has 0 aliphatic rings. The fourth-order valence-corrected chi connectivity index (χ4v) is 3.92. The lowest BCUT2D eigenvalue weighted by molar-refractivity contribution is 0.253. The van der Waals surface area contributed by atoms with E-state index in [1.807, 2.05) is 6.07 Å². The molecule has 1 unspecified atom stereocenters. The maximum atomic E-state index is 12.3. The average Bonchev–Trinajstić information content (AvgIpc) is 2.56. The highest BCUT2D eigenvalue weighted by Gasteiger charge is 2.31. The number of nitriles is 1. The first-order valence-electron chi connectivity index (χ1n) is 7.28. The lowest BCUT2D eigenvalue weighted by atomic mass is 10.1. The normalized spacial score (nSPS) is 13.7. The number of rotatable bonds is 7. The number of nitrogens with zero attached hydrogens (tertiary/aromatic N) is 1. The molecule has 2 aromatic carbocycles. The minimum Gasteiger partial charge on any atom is -0.489 e. The lowest BCUT2D eigenvalue weighted by Gasteiger charge is -2.23. The zero-order chi connectivity index (χ0) is 18.5. The molecule has 0 amide bonds. The van der Waals surface area contributed by atoms with E-state index in [9.17, 15) is 13.7 Å². The first kappa shape index (κ1) is 19.5. The molecule has 0 radical (unpaired) electrons. The van der Waals surface area contributed by atoms with E-state index in [-0.39, 0.29) is 23.1 Å². The first-order valence-corrected chi connectivity index (χ1v) is 9.69. The summed E-state index contributed by atoms with van der Waals surface area (Å²) in [5.74, 6) is 0.0427. The van der Waals surface area contributed by atoms with E-state index in [4.69, 9.17) is 27.9 Å². The summed E-state index contributed by atoms with van der Waals surface area (Å²) in [7, 11) is -3.74. The van der Waals surface area contributed by atoms with Crippen molar-refractivity contribution in [3.05, 3.63) is 64.1 Å². The van der Waals surface area contributed by atoms with Gasteiger partial charge in [-0.15, -0.1) is 0 Å². The molecule has 2 aromatic rings. The van der Waals surface area contributed by atoms with Gasteiger partial charge in [0.25, 0.3) is 0 Å². The largest absolute Gasteiger partial charge is 0.489 e. The van der Waals surface area contributed by atoms with Gasteiger partial charge >= 0.3 is 0 Å². The smallest absolute Gasteiger partial charge is 0.217 e. The number of sulfonamides is 1. The van der Waals surface area contributed by atoms with Gasteiger partial charge in [0, 0.05) is 0 Å². The van der Waals surface area contributed by atoms with Crippen molar-refractivity contribution in [2.24, 2.45) is 0 Å². The van der Waals surface area contributed by atoms with E-state index >= 15 is 0 Å². The minimum absolute atomic E-state index is 0.205. The van der Waals surface area contributed by atoms with Gasteiger partial charge < -0.3 is 4.74 Å². The second-order valence-electron chi connectivity index (χ2n) is 5.63. The van der Waals surface area contributed by atoms with Crippen molar-refractivity contribution in [1.82, 2.24) is 4.72 Å². The van der Waals surface area contributed by atoms with Crippen molar-refractivity contribution in [3.63, 3.8) is 0 Å². The van der Waals surface area contributed by atoms with Crippen molar-refractivity contribution in [1.29, 1.82) is 5.26 Å². The van der Waals surface area contributed by atoms with Crippen molar-refractivity contribution in [3.8, 4) is 11.8 Å². The molecule has 0 bridgehead atoms. The van der Waals surface area contributed by atoms with Crippen LogP contribution in [0.15, 0.2) is 48.5 Å². The molecule has 0 fully saturated rings. The minimum atomic E-state index is -3.74. The van der Waals surface area contributed by atoms with Crippen molar-refractivity contribution in [2.45, 2.75) is 18.2 Å². The summed E-state index contributed by atoms with van der Waals surface area (Å²) >= 11 is 11.9. The number of benzene rings is 2. The summed E-state index contributed by atoms with van der Waals surface area (Å²) in [5, 5.41) is 9.91. The summed E-state index contributed by atoms with van der Waals surface area (Å²) in [6, 6.07) is 15.5. The summed E-state index contributed by atoms with van der Waals surface area (Å²) in [6.07, 6.45) is 0. The van der Waals surface area contributed by atoms with Crippen LogP contribution >= 0.6 is 23.2 Å². The van der Waals surface area contributed by atoms with Gasteiger partial charge in [-0.2, -0.15) is 9.98 Å². The molecule has 0 saturated heterocycles. The summed E-state index contributed by atoms with van der Waals surface area (Å²) < 4.78 is 32.6. The van der Waals surface area contributed by atoms with Crippen LogP contribution in [0.4, 0.5) is 0 Å². The van der Waals surface area contributed by atoms with Crippen LogP contribution in [0.3, 0.4) is 0 Å². The molecule has 1 N–H and O–H groups in total. The quantitative estimate of drug-likeness (QED) is 0.769. The predicted molar refractivity (Wildman–Crippen MR) is 98.2 cm³/mol. The van der Waals surface area contributed by atoms with Crippen LogP contribution in [0.5, 0.6) is 5.75 Å². The third-order valence-electron chi connectivity index (χ3n) is 3.26. The monoisotopic (exact) mass is 398 g/mol. The van der Waals surface area contributed by atoms with Crippen LogP contribution in [0.25, 0.3) is 0 Å². The van der Waals surface area contributed by atoms with E-state index in [1.54, 1.807) is 48.5 Å². The SMILES string of the molecule is CC(C#N)(COc1cccc(Cl)c1Cl)NS(=O)(=O)Cc1ccccc1. The number of hydrogen-bond donors (Lipinski definition) is 1. The van der Waals surface area contributed by atoms with Crippen LogP contribution in [0.1, 0.15) is 12.5 Å². The van der Waals surface area contributed by atoms with E-state index in [1.165, 1.54) is 6.92 Å². The van der Waals surface area contributed by atoms with Gasteiger partial charge in [0.1, 0.15) is 17.4 Å². The van der Waals surface area contributed by atoms with Crippen molar-refractivity contribution >= 4 is 33.2 Å². The molecule has 25 heavy (non-hydrogen) atoms. The topological polar surface area (TPSA) is 79.2 Å². The highest BCUT2D eigenvalue weighted by Crippen LogP contribution is 2.31. The molecule has 0 heterocycles. The van der Waals surface area contributed by atoms with E-state index < -0.39 is 15.6 Å². The van der Waals surface area contributed by atoms with Gasteiger partial charge in [0.05, 0.1) is 16.8 Å². The van der Waals surface area contributed by atoms with Crippen LogP contribution in [-0.4, -0.2) is 20.6 Å². The van der Waals surface area contributed by atoms with Crippen LogP contribution in [0.2, 0.25) is 10.0 Å². The van der Waals surface area contributed by atoms with Crippen LogP contribution in [-0.2, 0) is 15.8 Å². The number of nitrogens with one attached hydrogen (secondary N) is 1. The summed E-state index contributed by atoms with van der Waals surface area (Å²) in [5.41, 5.74) is -0.840. The zero-order valence-corrected chi connectivity index (χ0v) is 15.7. The molecule has 0 aromatic heterocycles. The Hall–Kier alpha value is -1.78. The molecule has 0 aliphatic heterocycles. The van der Waals surface area contributed by atoms with Crippen LogP contribution < -0.4 is 9.46 Å². The van der Waals surface area contributed by atoms with Gasteiger partial charge in [0.15, 0.2) is 5.54 Å². The van der Waals surface area contributed by atoms with Gasteiger partial charge in [-0.1, -0.05) is 59.6 Å². The van der Waals surface area contributed by atoms with E-state index in [2.05, 4.69) is 4.72 Å². The maximum Gasteiger partial charge on any atom is 0.217 e. The Labute approximate surface area is 157 Å². The first-order chi connectivity index (χ1) is 11.7. The third kappa shape index (κ3) is 5.62. The van der Waals surface area contributed by atoms with Crippen molar-refractivity contribution < 1.29 is 13.2 Å². The lowest BCUT2D eigenvalue weighted by Crippen LogP contribution is -2.49. The number of halogens is 2. The Balaban J connectivity index is 2.09. The van der Waals surface area contributed by atoms with E-state index in [0.717, 1.165) is 0 Å². The Bertz CT molecular complexity index is 883. The molecule has 5 nitrogen and oxygen atoms in total. The highest BCUT2D eigenvalue weighted by molar-refractivity contribution is 7.88. The van der Waals surface area contributed by atoms with Gasteiger partial charge in [0.2, 0.25) is 10.0 Å². The van der Waals surface area contributed by atoms with E-state index in [0.29, 0.717) is 10.6 Å². The number of ether oxygens (including phenoxy) is 1. The highest BCUT2D eigenvalue weighted by atomic mass is 35.5. The maximum absolute atomic E-state index is 12.3. The molecule has 132 valence electrons. The zero-order valence-electron chi connectivity index (χ0n) is 13.4. The predicted octanol–water partition coefficient (Wildman–Crippen LogP) is 3.77. The Morgan fingerprint density at radius 2 is 1.84 bits per heavy atom. The van der Waals surface area contributed by atoms with Crippen molar-refractivity contribution in [2.75, 3.05) is 6.61 Å². The molecule has 0 spiro atoms. The number of hydrogen-bond acceptors (Lipinski definition) is 4. The molecule has 0 saturated carbocycles. The van der Waals surface area contributed by atoms with Gasteiger partial charge in [-0.25, -0.2) is 8.42 Å². The third-order valence-corrected chi connectivity index (χ3v) is 5.54. The average molecular weight is 399 g/mol. The fourth-order valence-electron chi connectivity index (χ4n) is 2.08. The molecule has 8 heteroatoms. The Kier molecular flexibility index (Phi) is 6.31. The van der Waals surface area contributed by atoms with Crippen LogP contribution in [0, 0.1) is 11.3 Å². The van der Waals surface area contributed by atoms with Gasteiger partial charge in [-0.05, 0) is 24.6 Å². The van der Waals surface area contributed by atoms with Gasteiger partial charge in [-0.3, -0.25) is 0 Å². The summed E-state index contributed by atoms with van der Waals surface area (Å²) in [6.45, 7) is 1.21. The molecular formula is C17H16Cl2N2O3S. The second-order valence-corrected chi connectivity index (χ2v) is 8.14. The summed E-state index contributed by atoms with van der Waals surface area (Å²) in [4.78, 5) is 0. The molecule has 0 aliphatic carbocycles. The molecule has 2 rings (SSSR count). The molecule has 1 atom stereocenters. The Morgan fingerprint density at radius 1 is 1.16 bits per heavy atom. The second kappa shape index (κ2) is 8.07.